The Morgan fingerprint density at radius 3 is 1.95 bits per heavy atom. The van der Waals surface area contributed by atoms with Crippen LogP contribution >= 0.6 is 0 Å². The molecule has 9 heteroatoms. The van der Waals surface area contributed by atoms with Gasteiger partial charge in [-0.15, -0.1) is 0 Å². The largest absolute Gasteiger partial charge is 0.409 e. The number of amides is 1. The molecule has 0 rings (SSSR count). The predicted molar refractivity (Wildman–Crippen MR) is 56.1 cm³/mol. The summed E-state index contributed by atoms with van der Waals surface area (Å²) < 4.78 is 73.6. The van der Waals surface area contributed by atoms with Gasteiger partial charge in [-0.2, -0.15) is 26.3 Å². The third-order valence-electron chi connectivity index (χ3n) is 2.45. The average molecular weight is 294 g/mol. The van der Waals surface area contributed by atoms with E-state index in [-0.39, 0.29) is 13.0 Å². The third kappa shape index (κ3) is 6.13. The zero-order chi connectivity index (χ0) is 15.3. The van der Waals surface area contributed by atoms with Crippen LogP contribution in [0, 0.1) is 5.92 Å². The Hall–Kier alpha value is -0.990. The topological polar surface area (TPSA) is 55.1 Å². The highest BCUT2D eigenvalue weighted by atomic mass is 19.4. The molecule has 0 aliphatic rings. The van der Waals surface area contributed by atoms with Crippen LogP contribution in [0.25, 0.3) is 0 Å². The molecule has 0 aromatic rings. The number of nitrogens with one attached hydrogen (secondary N) is 1. The van der Waals surface area contributed by atoms with Crippen LogP contribution in [0.2, 0.25) is 0 Å². The summed E-state index contributed by atoms with van der Waals surface area (Å²) in [7, 11) is 0. The second-order valence-corrected chi connectivity index (χ2v) is 4.10. The minimum absolute atomic E-state index is 0.214. The van der Waals surface area contributed by atoms with Crippen LogP contribution in [0.1, 0.15) is 26.2 Å². The van der Waals surface area contributed by atoms with Gasteiger partial charge in [0.25, 0.3) is 0 Å². The van der Waals surface area contributed by atoms with Gasteiger partial charge in [-0.3, -0.25) is 4.79 Å². The molecule has 1 atom stereocenters. The Morgan fingerprint density at radius 1 is 1.16 bits per heavy atom. The minimum atomic E-state index is -5.67. The zero-order valence-electron chi connectivity index (χ0n) is 10.2. The zero-order valence-corrected chi connectivity index (χ0v) is 10.2. The van der Waals surface area contributed by atoms with Gasteiger partial charge in [0, 0.05) is 12.6 Å². The highest BCUT2D eigenvalue weighted by Crippen LogP contribution is 2.39. The highest BCUT2D eigenvalue weighted by molar-refractivity contribution is 5.80. The molecule has 0 aromatic heterocycles. The molecular weight excluding hydrogens is 278 g/mol. The standard InChI is InChI=1S/C10H16F6N2O/c1-2-3-4-6(5-17)18-8(19)7(9(11,12)13)10(14,15)16/h6-7H,2-5,17H2,1H3,(H,18,19). The van der Waals surface area contributed by atoms with E-state index in [0.29, 0.717) is 12.8 Å². The van der Waals surface area contributed by atoms with Gasteiger partial charge in [-0.25, -0.2) is 0 Å². The molecule has 1 unspecified atom stereocenters. The minimum Gasteiger partial charge on any atom is -0.351 e. The lowest BCUT2D eigenvalue weighted by atomic mass is 10.1. The number of hydrogen-bond acceptors (Lipinski definition) is 2. The lowest BCUT2D eigenvalue weighted by Crippen LogP contribution is -2.52. The fourth-order valence-corrected chi connectivity index (χ4v) is 1.47. The first-order valence-electron chi connectivity index (χ1n) is 5.67. The summed E-state index contributed by atoms with van der Waals surface area (Å²) in [4.78, 5) is 11.2. The number of carbonyl (C=O) groups excluding carboxylic acids is 1. The number of halogens is 6. The molecule has 0 heterocycles. The van der Waals surface area contributed by atoms with E-state index >= 15 is 0 Å². The fraction of sp³-hybridized carbons (Fsp3) is 0.900. The monoisotopic (exact) mass is 294 g/mol. The van der Waals surface area contributed by atoms with Crippen molar-refractivity contribution < 1.29 is 31.1 Å². The number of alkyl halides is 6. The van der Waals surface area contributed by atoms with Crippen LogP contribution in [0.3, 0.4) is 0 Å². The van der Waals surface area contributed by atoms with E-state index in [1.54, 1.807) is 12.2 Å². The van der Waals surface area contributed by atoms with Crippen LogP contribution in [-0.4, -0.2) is 30.8 Å². The molecule has 0 spiro atoms. The van der Waals surface area contributed by atoms with Crippen molar-refractivity contribution in [1.29, 1.82) is 0 Å². The normalized spacial score (nSPS) is 14.6. The van der Waals surface area contributed by atoms with E-state index in [9.17, 15) is 31.1 Å². The van der Waals surface area contributed by atoms with Gasteiger partial charge in [-0.1, -0.05) is 19.8 Å². The SMILES string of the molecule is CCCCC(CN)NC(=O)C(C(F)(F)F)C(F)(F)F. The van der Waals surface area contributed by atoms with Gasteiger partial charge in [-0.05, 0) is 6.42 Å². The fourth-order valence-electron chi connectivity index (χ4n) is 1.47. The van der Waals surface area contributed by atoms with Crippen LogP contribution in [0.15, 0.2) is 0 Å². The molecule has 3 nitrogen and oxygen atoms in total. The smallest absolute Gasteiger partial charge is 0.351 e. The summed E-state index contributed by atoms with van der Waals surface area (Å²) >= 11 is 0. The molecule has 0 saturated carbocycles. The summed E-state index contributed by atoms with van der Waals surface area (Å²) in [6, 6.07) is -0.889. The first kappa shape index (κ1) is 18.0. The van der Waals surface area contributed by atoms with Crippen molar-refractivity contribution in [2.24, 2.45) is 11.7 Å². The molecule has 0 aromatic carbocycles. The predicted octanol–water partition coefficient (Wildman–Crippen LogP) is 2.36. The van der Waals surface area contributed by atoms with E-state index in [1.165, 1.54) is 0 Å². The second kappa shape index (κ2) is 6.97. The molecule has 0 fully saturated rings. The van der Waals surface area contributed by atoms with E-state index in [4.69, 9.17) is 5.73 Å². The van der Waals surface area contributed by atoms with Gasteiger partial charge in [0.1, 0.15) is 0 Å². The molecule has 0 radical (unpaired) electrons. The molecule has 19 heavy (non-hydrogen) atoms. The van der Waals surface area contributed by atoms with Crippen molar-refractivity contribution in [3.8, 4) is 0 Å². The molecule has 0 aliphatic carbocycles. The molecule has 1 amide bonds. The third-order valence-corrected chi connectivity index (χ3v) is 2.45. The summed E-state index contributed by atoms with van der Waals surface area (Å²) in [6.07, 6.45) is -9.88. The van der Waals surface area contributed by atoms with E-state index in [2.05, 4.69) is 0 Å². The maximum Gasteiger partial charge on any atom is 0.409 e. The lowest BCUT2D eigenvalue weighted by molar-refractivity contribution is -0.274. The van der Waals surface area contributed by atoms with Crippen molar-refractivity contribution in [2.45, 2.75) is 44.6 Å². The summed E-state index contributed by atoms with van der Waals surface area (Å²) in [5, 5.41) is 1.71. The maximum absolute atomic E-state index is 12.3. The Bertz CT molecular complexity index is 275. The number of nitrogens with two attached hydrogens (primary N) is 1. The van der Waals surface area contributed by atoms with Gasteiger partial charge in [0.05, 0.1) is 0 Å². The Morgan fingerprint density at radius 2 is 1.63 bits per heavy atom. The molecule has 0 aliphatic heterocycles. The Balaban J connectivity index is 4.83. The number of unbranched alkanes of at least 4 members (excludes halogenated alkanes) is 1. The van der Waals surface area contributed by atoms with Gasteiger partial charge >= 0.3 is 12.4 Å². The Kier molecular flexibility index (Phi) is 6.61. The van der Waals surface area contributed by atoms with E-state index in [1.807, 2.05) is 0 Å². The second-order valence-electron chi connectivity index (χ2n) is 4.10. The first-order valence-corrected chi connectivity index (χ1v) is 5.67. The van der Waals surface area contributed by atoms with Crippen LogP contribution in [0.5, 0.6) is 0 Å². The van der Waals surface area contributed by atoms with Gasteiger partial charge in [0.2, 0.25) is 11.8 Å². The molecule has 3 N–H and O–H groups in total. The van der Waals surface area contributed by atoms with Crippen molar-refractivity contribution in [3.05, 3.63) is 0 Å². The van der Waals surface area contributed by atoms with Crippen molar-refractivity contribution in [3.63, 3.8) is 0 Å². The Labute approximate surface area is 106 Å². The molecular formula is C10H16F6N2O. The van der Waals surface area contributed by atoms with E-state index in [0.717, 1.165) is 0 Å². The molecule has 0 saturated heterocycles. The number of rotatable bonds is 6. The summed E-state index contributed by atoms with van der Waals surface area (Å²) in [5.41, 5.74) is 5.20. The molecule has 114 valence electrons. The van der Waals surface area contributed by atoms with Crippen molar-refractivity contribution in [1.82, 2.24) is 5.32 Å². The van der Waals surface area contributed by atoms with Crippen molar-refractivity contribution >= 4 is 5.91 Å². The summed E-state index contributed by atoms with van der Waals surface area (Å²) in [5.74, 6) is -6.12. The van der Waals surface area contributed by atoms with Crippen LogP contribution in [0.4, 0.5) is 26.3 Å². The average Bonchev–Trinajstić information content (AvgIpc) is 2.19. The van der Waals surface area contributed by atoms with Gasteiger partial charge < -0.3 is 11.1 Å². The van der Waals surface area contributed by atoms with E-state index < -0.39 is 30.2 Å². The number of carbonyl (C=O) groups is 1. The lowest BCUT2D eigenvalue weighted by Gasteiger charge is -2.25. The van der Waals surface area contributed by atoms with Gasteiger partial charge in [0.15, 0.2) is 0 Å². The molecule has 0 bridgehead atoms. The number of hydrogen-bond donors (Lipinski definition) is 2. The highest BCUT2D eigenvalue weighted by Gasteiger charge is 2.61. The summed E-state index contributed by atoms with van der Waals surface area (Å²) in [6.45, 7) is 1.58. The maximum atomic E-state index is 12.3. The van der Waals surface area contributed by atoms with Crippen LogP contribution < -0.4 is 11.1 Å². The van der Waals surface area contributed by atoms with Crippen molar-refractivity contribution in [2.75, 3.05) is 6.54 Å². The van der Waals surface area contributed by atoms with Crippen LogP contribution in [-0.2, 0) is 4.79 Å². The first-order chi connectivity index (χ1) is 8.54. The quantitative estimate of drug-likeness (QED) is 0.739.